The van der Waals surface area contributed by atoms with Crippen molar-refractivity contribution in [2.45, 2.75) is 32.2 Å². The van der Waals surface area contributed by atoms with Gasteiger partial charge in [-0.05, 0) is 68.8 Å². The van der Waals surface area contributed by atoms with Gasteiger partial charge in [0.25, 0.3) is 5.91 Å². The van der Waals surface area contributed by atoms with Gasteiger partial charge in [-0.25, -0.2) is 0 Å². The van der Waals surface area contributed by atoms with Crippen molar-refractivity contribution in [3.8, 4) is 17.2 Å². The molecule has 1 aliphatic heterocycles. The van der Waals surface area contributed by atoms with Crippen molar-refractivity contribution < 1.29 is 19.0 Å². The summed E-state index contributed by atoms with van der Waals surface area (Å²) in [6, 6.07) is 13.5. The van der Waals surface area contributed by atoms with Crippen molar-refractivity contribution in [1.82, 2.24) is 10.2 Å². The van der Waals surface area contributed by atoms with E-state index in [0.717, 1.165) is 18.8 Å². The lowest BCUT2D eigenvalue weighted by molar-refractivity contribution is 0.0924. The van der Waals surface area contributed by atoms with Gasteiger partial charge in [-0.15, -0.1) is 0 Å². The predicted octanol–water partition coefficient (Wildman–Crippen LogP) is 4.06. The van der Waals surface area contributed by atoms with E-state index in [4.69, 9.17) is 14.2 Å². The summed E-state index contributed by atoms with van der Waals surface area (Å²) in [7, 11) is 3.25. The highest BCUT2D eigenvalue weighted by atomic mass is 16.5. The van der Waals surface area contributed by atoms with Gasteiger partial charge in [0.05, 0.1) is 26.9 Å². The molecule has 2 aromatic carbocycles. The fourth-order valence-electron chi connectivity index (χ4n) is 3.89. The number of carbonyl (C=O) groups is 1. The zero-order valence-corrected chi connectivity index (χ0v) is 18.1. The average molecular weight is 413 g/mol. The van der Waals surface area contributed by atoms with Gasteiger partial charge in [0, 0.05) is 12.1 Å². The molecule has 6 nitrogen and oxygen atoms in total. The molecule has 1 N–H and O–H groups in total. The van der Waals surface area contributed by atoms with Gasteiger partial charge in [-0.1, -0.05) is 18.6 Å². The topological polar surface area (TPSA) is 60.0 Å². The van der Waals surface area contributed by atoms with Crippen LogP contribution in [0, 0.1) is 0 Å². The number of carbonyl (C=O) groups excluding carboxylic acids is 1. The second-order valence-corrected chi connectivity index (χ2v) is 7.39. The van der Waals surface area contributed by atoms with E-state index >= 15 is 0 Å². The SMILES string of the molecule is CCOc1ccc(C(=O)NCC(c2ccc(OC)cc2)N2CCCCC2)cc1OC. The van der Waals surface area contributed by atoms with E-state index in [1.165, 1.54) is 24.8 Å². The van der Waals surface area contributed by atoms with Crippen LogP contribution in [0.5, 0.6) is 17.2 Å². The van der Waals surface area contributed by atoms with Gasteiger partial charge in [0.2, 0.25) is 0 Å². The van der Waals surface area contributed by atoms with Gasteiger partial charge in [-0.2, -0.15) is 0 Å². The molecule has 1 fully saturated rings. The minimum Gasteiger partial charge on any atom is -0.497 e. The Morgan fingerprint density at radius 1 is 1.00 bits per heavy atom. The monoisotopic (exact) mass is 412 g/mol. The van der Waals surface area contributed by atoms with Crippen LogP contribution in [0.1, 0.15) is 48.1 Å². The van der Waals surface area contributed by atoms with Crippen LogP contribution in [-0.2, 0) is 0 Å². The fourth-order valence-corrected chi connectivity index (χ4v) is 3.89. The highest BCUT2D eigenvalue weighted by Gasteiger charge is 2.23. The van der Waals surface area contributed by atoms with Crippen LogP contribution in [0.3, 0.4) is 0 Å². The summed E-state index contributed by atoms with van der Waals surface area (Å²) >= 11 is 0. The molecule has 30 heavy (non-hydrogen) atoms. The number of hydrogen-bond acceptors (Lipinski definition) is 5. The van der Waals surface area contributed by atoms with Crippen molar-refractivity contribution in [2.75, 3.05) is 40.5 Å². The molecule has 0 bridgehead atoms. The third-order valence-corrected chi connectivity index (χ3v) is 5.51. The lowest BCUT2D eigenvalue weighted by Crippen LogP contribution is -2.40. The third kappa shape index (κ3) is 5.45. The zero-order chi connectivity index (χ0) is 21.3. The van der Waals surface area contributed by atoms with Gasteiger partial charge in [0.15, 0.2) is 11.5 Å². The largest absolute Gasteiger partial charge is 0.497 e. The number of nitrogens with zero attached hydrogens (tertiary/aromatic N) is 1. The van der Waals surface area contributed by atoms with Gasteiger partial charge in [0.1, 0.15) is 5.75 Å². The highest BCUT2D eigenvalue weighted by molar-refractivity contribution is 5.94. The second-order valence-electron chi connectivity index (χ2n) is 7.39. The summed E-state index contributed by atoms with van der Waals surface area (Å²) in [6.45, 7) is 5.09. The fraction of sp³-hybridized carbons (Fsp3) is 0.458. The van der Waals surface area contributed by atoms with Crippen molar-refractivity contribution in [3.05, 3.63) is 53.6 Å². The number of rotatable bonds is 9. The number of nitrogens with one attached hydrogen (secondary N) is 1. The summed E-state index contributed by atoms with van der Waals surface area (Å²) in [4.78, 5) is 15.3. The smallest absolute Gasteiger partial charge is 0.251 e. The van der Waals surface area contributed by atoms with E-state index < -0.39 is 0 Å². The molecule has 0 spiro atoms. The highest BCUT2D eigenvalue weighted by Crippen LogP contribution is 2.29. The minimum atomic E-state index is -0.119. The van der Waals surface area contributed by atoms with E-state index in [9.17, 15) is 4.79 Å². The quantitative estimate of drug-likeness (QED) is 0.673. The van der Waals surface area contributed by atoms with Crippen LogP contribution in [0.2, 0.25) is 0 Å². The van der Waals surface area contributed by atoms with Crippen LogP contribution in [-0.4, -0.2) is 51.3 Å². The molecule has 0 aliphatic carbocycles. The molecular weight excluding hydrogens is 380 g/mol. The molecule has 1 heterocycles. The number of amides is 1. The normalized spacial score (nSPS) is 15.3. The van der Waals surface area contributed by atoms with Crippen molar-refractivity contribution in [3.63, 3.8) is 0 Å². The molecule has 162 valence electrons. The molecule has 1 amide bonds. The van der Waals surface area contributed by atoms with Crippen molar-refractivity contribution in [1.29, 1.82) is 0 Å². The van der Waals surface area contributed by atoms with Gasteiger partial charge >= 0.3 is 0 Å². The van der Waals surface area contributed by atoms with E-state index in [1.807, 2.05) is 19.1 Å². The first-order valence-electron chi connectivity index (χ1n) is 10.6. The molecule has 2 aromatic rings. The molecule has 0 aromatic heterocycles. The number of piperidine rings is 1. The van der Waals surface area contributed by atoms with Gasteiger partial charge in [-0.3, -0.25) is 9.69 Å². The van der Waals surface area contributed by atoms with Crippen molar-refractivity contribution >= 4 is 5.91 Å². The Hall–Kier alpha value is -2.73. The average Bonchev–Trinajstić information content (AvgIpc) is 2.80. The maximum Gasteiger partial charge on any atom is 0.251 e. The number of benzene rings is 2. The summed E-state index contributed by atoms with van der Waals surface area (Å²) in [5, 5.41) is 3.12. The first-order valence-corrected chi connectivity index (χ1v) is 10.6. The summed E-state index contributed by atoms with van der Waals surface area (Å²) in [6.07, 6.45) is 3.65. The second kappa shape index (κ2) is 10.9. The maximum absolute atomic E-state index is 12.9. The zero-order valence-electron chi connectivity index (χ0n) is 18.1. The lowest BCUT2D eigenvalue weighted by Gasteiger charge is -2.35. The molecule has 1 aliphatic rings. The Morgan fingerprint density at radius 3 is 2.37 bits per heavy atom. The lowest BCUT2D eigenvalue weighted by atomic mass is 10.0. The number of ether oxygens (including phenoxy) is 3. The molecule has 0 radical (unpaired) electrons. The summed E-state index contributed by atoms with van der Waals surface area (Å²) < 4.78 is 16.2. The third-order valence-electron chi connectivity index (χ3n) is 5.51. The van der Waals surface area contributed by atoms with Crippen LogP contribution in [0.15, 0.2) is 42.5 Å². The van der Waals surface area contributed by atoms with Crippen LogP contribution in [0.4, 0.5) is 0 Å². The van der Waals surface area contributed by atoms with Gasteiger partial charge < -0.3 is 19.5 Å². The molecule has 1 unspecified atom stereocenters. The van der Waals surface area contributed by atoms with Crippen LogP contribution in [0.25, 0.3) is 0 Å². The summed E-state index contributed by atoms with van der Waals surface area (Å²) in [5.74, 6) is 1.92. The molecular formula is C24H32N2O4. The minimum absolute atomic E-state index is 0.119. The number of hydrogen-bond donors (Lipinski definition) is 1. The van der Waals surface area contributed by atoms with Crippen LogP contribution < -0.4 is 19.5 Å². The van der Waals surface area contributed by atoms with E-state index in [2.05, 4.69) is 22.3 Å². The Balaban J connectivity index is 1.73. The molecule has 3 rings (SSSR count). The van der Waals surface area contributed by atoms with Crippen LogP contribution >= 0.6 is 0 Å². The molecule has 1 saturated heterocycles. The van der Waals surface area contributed by atoms with E-state index in [1.54, 1.807) is 32.4 Å². The summed E-state index contributed by atoms with van der Waals surface area (Å²) in [5.41, 5.74) is 1.74. The molecule has 1 atom stereocenters. The Bertz CT molecular complexity index is 816. The van der Waals surface area contributed by atoms with E-state index in [-0.39, 0.29) is 11.9 Å². The Kier molecular flexibility index (Phi) is 7.97. The van der Waals surface area contributed by atoms with E-state index in [0.29, 0.717) is 30.2 Å². The maximum atomic E-state index is 12.9. The Morgan fingerprint density at radius 2 is 1.73 bits per heavy atom. The predicted molar refractivity (Wildman–Crippen MR) is 118 cm³/mol. The molecule has 0 saturated carbocycles. The Labute approximate surface area is 179 Å². The first-order chi connectivity index (χ1) is 14.7. The first kappa shape index (κ1) is 22.0. The number of likely N-dealkylation sites (tertiary alicyclic amines) is 1. The molecule has 6 heteroatoms. The standard InChI is InChI=1S/C24H32N2O4/c1-4-30-22-13-10-19(16-23(22)29-3)24(27)25-17-21(26-14-6-5-7-15-26)18-8-11-20(28-2)12-9-18/h8-13,16,21H,4-7,14-15,17H2,1-3H3,(H,25,27). The number of methoxy groups -OCH3 is 2. The van der Waals surface area contributed by atoms with Crippen molar-refractivity contribution in [2.24, 2.45) is 0 Å².